The van der Waals surface area contributed by atoms with Crippen LogP contribution in [0, 0.1) is 0 Å². The number of aromatic nitrogens is 7. The van der Waals surface area contributed by atoms with Gasteiger partial charge in [-0.25, -0.2) is 4.98 Å². The Morgan fingerprint density at radius 2 is 2.00 bits per heavy atom. The molecule has 204 valence electrons. The SMILES string of the molecule is Cn1cc(-c2cnc3[nH]cc(-c4nnc(Nc5ccc(C(=O)NC(C(N)=O)c6cccnc6)cc5Cl)o4)c3c2)cn1. The zero-order valence-corrected chi connectivity index (χ0v) is 22.1. The van der Waals surface area contributed by atoms with Crippen LogP contribution in [-0.2, 0) is 11.8 Å². The van der Waals surface area contributed by atoms with Crippen molar-refractivity contribution in [3.63, 3.8) is 0 Å². The molecule has 1 atom stereocenters. The van der Waals surface area contributed by atoms with Crippen LogP contribution < -0.4 is 16.4 Å². The van der Waals surface area contributed by atoms with E-state index in [1.54, 1.807) is 47.7 Å². The summed E-state index contributed by atoms with van der Waals surface area (Å²) in [6.45, 7) is 0. The van der Waals surface area contributed by atoms with Crippen molar-refractivity contribution in [2.24, 2.45) is 12.8 Å². The molecular weight excluding hydrogens is 548 g/mol. The van der Waals surface area contributed by atoms with E-state index in [-0.39, 0.29) is 22.5 Å². The summed E-state index contributed by atoms with van der Waals surface area (Å²) < 4.78 is 7.58. The number of carbonyl (C=O) groups is 2. The first-order valence-electron chi connectivity index (χ1n) is 12.2. The van der Waals surface area contributed by atoms with Gasteiger partial charge in [0.25, 0.3) is 11.8 Å². The number of nitrogens with zero attached hydrogens (tertiary/aromatic N) is 6. The molecule has 0 saturated carbocycles. The second-order valence-electron chi connectivity index (χ2n) is 9.05. The standard InChI is InChI=1S/C27H21ClN10O3/c1-38-13-17(11-33-38)16-7-18-19(12-32-24(18)31-10-16)26-36-37-27(41-26)34-21-5-4-14(8-20(21)28)25(40)35-22(23(29)39)15-3-2-6-30-9-15/h2-13,22H,1H3,(H2,29,39)(H,31,32)(H,34,37)(H,35,40). The quantitative estimate of drug-likeness (QED) is 0.212. The maximum absolute atomic E-state index is 12.8. The minimum Gasteiger partial charge on any atom is -0.403 e. The highest BCUT2D eigenvalue weighted by atomic mass is 35.5. The van der Waals surface area contributed by atoms with Crippen molar-refractivity contribution in [2.45, 2.75) is 6.04 Å². The highest BCUT2D eigenvalue weighted by Gasteiger charge is 2.22. The molecule has 41 heavy (non-hydrogen) atoms. The van der Waals surface area contributed by atoms with Crippen LogP contribution in [0.4, 0.5) is 11.7 Å². The van der Waals surface area contributed by atoms with Gasteiger partial charge < -0.3 is 25.8 Å². The third-order valence-corrected chi connectivity index (χ3v) is 6.59. The van der Waals surface area contributed by atoms with Crippen molar-refractivity contribution >= 4 is 46.2 Å². The van der Waals surface area contributed by atoms with Gasteiger partial charge in [-0.2, -0.15) is 5.10 Å². The van der Waals surface area contributed by atoms with Gasteiger partial charge in [0.2, 0.25) is 5.91 Å². The molecule has 6 aromatic rings. The first kappa shape index (κ1) is 25.7. The number of anilines is 2. The number of aromatic amines is 1. The smallest absolute Gasteiger partial charge is 0.320 e. The molecule has 13 nitrogen and oxygen atoms in total. The highest BCUT2D eigenvalue weighted by Crippen LogP contribution is 2.32. The van der Waals surface area contributed by atoms with E-state index in [0.29, 0.717) is 22.5 Å². The molecule has 0 fully saturated rings. The largest absolute Gasteiger partial charge is 0.403 e. The predicted octanol–water partition coefficient (Wildman–Crippen LogP) is 3.76. The van der Waals surface area contributed by atoms with Gasteiger partial charge in [0, 0.05) is 65.7 Å². The van der Waals surface area contributed by atoms with Crippen LogP contribution in [0.1, 0.15) is 22.0 Å². The Hall–Kier alpha value is -5.56. The van der Waals surface area contributed by atoms with Crippen molar-refractivity contribution in [2.75, 3.05) is 5.32 Å². The van der Waals surface area contributed by atoms with E-state index < -0.39 is 17.9 Å². The van der Waals surface area contributed by atoms with Gasteiger partial charge in [0.05, 0.1) is 22.5 Å². The number of nitrogens with two attached hydrogens (primary N) is 1. The second kappa shape index (κ2) is 10.5. The molecule has 0 aliphatic carbocycles. The molecule has 1 unspecified atom stereocenters. The Bertz CT molecular complexity index is 1900. The minimum absolute atomic E-state index is 0.0928. The van der Waals surface area contributed by atoms with Crippen LogP contribution in [-0.4, -0.2) is 46.7 Å². The maximum atomic E-state index is 12.8. The molecule has 0 aliphatic rings. The van der Waals surface area contributed by atoms with E-state index in [4.69, 9.17) is 21.8 Å². The summed E-state index contributed by atoms with van der Waals surface area (Å²) in [6.07, 6.45) is 10.2. The fourth-order valence-corrected chi connectivity index (χ4v) is 4.47. The lowest BCUT2D eigenvalue weighted by Gasteiger charge is -2.16. The van der Waals surface area contributed by atoms with Gasteiger partial charge in [-0.3, -0.25) is 19.3 Å². The Morgan fingerprint density at radius 1 is 1.12 bits per heavy atom. The number of primary amides is 1. The molecule has 6 rings (SSSR count). The fraction of sp³-hybridized carbons (Fsp3) is 0.0741. The number of fused-ring (bicyclic) bond motifs is 1. The zero-order valence-electron chi connectivity index (χ0n) is 21.4. The van der Waals surface area contributed by atoms with Gasteiger partial charge >= 0.3 is 6.01 Å². The summed E-state index contributed by atoms with van der Waals surface area (Å²) in [7, 11) is 1.85. The minimum atomic E-state index is -1.05. The summed E-state index contributed by atoms with van der Waals surface area (Å²) in [5.41, 5.74) is 9.76. The molecule has 0 bridgehead atoms. The van der Waals surface area contributed by atoms with E-state index in [1.165, 1.54) is 18.3 Å². The Labute approximate surface area is 236 Å². The number of rotatable bonds is 8. The van der Waals surface area contributed by atoms with Gasteiger partial charge in [-0.05, 0) is 30.3 Å². The monoisotopic (exact) mass is 568 g/mol. The maximum Gasteiger partial charge on any atom is 0.320 e. The lowest BCUT2D eigenvalue weighted by molar-refractivity contribution is -0.120. The van der Waals surface area contributed by atoms with E-state index in [0.717, 1.165) is 16.5 Å². The van der Waals surface area contributed by atoms with Crippen LogP contribution in [0.15, 0.2) is 78.0 Å². The number of hydrogen-bond acceptors (Lipinski definition) is 9. The summed E-state index contributed by atoms with van der Waals surface area (Å²) in [5.74, 6) is -0.990. The van der Waals surface area contributed by atoms with E-state index in [1.807, 2.05) is 19.3 Å². The molecular formula is C27H21ClN10O3. The van der Waals surface area contributed by atoms with Crippen LogP contribution >= 0.6 is 11.6 Å². The van der Waals surface area contributed by atoms with Crippen molar-refractivity contribution < 1.29 is 14.0 Å². The molecule has 0 spiro atoms. The molecule has 0 saturated heterocycles. The summed E-state index contributed by atoms with van der Waals surface area (Å²) in [6, 6.07) is 8.87. The zero-order chi connectivity index (χ0) is 28.5. The number of carbonyl (C=O) groups excluding carboxylic acids is 2. The Kier molecular flexibility index (Phi) is 6.61. The number of amides is 2. The van der Waals surface area contributed by atoms with Crippen LogP contribution in [0.25, 0.3) is 33.6 Å². The van der Waals surface area contributed by atoms with Crippen LogP contribution in [0.3, 0.4) is 0 Å². The Morgan fingerprint density at radius 3 is 2.73 bits per heavy atom. The molecule has 1 aromatic carbocycles. The van der Waals surface area contributed by atoms with Crippen molar-refractivity contribution in [1.29, 1.82) is 0 Å². The number of halogens is 1. The Balaban J connectivity index is 1.19. The molecule has 0 aliphatic heterocycles. The molecule has 5 N–H and O–H groups in total. The lowest BCUT2D eigenvalue weighted by atomic mass is 10.1. The fourth-order valence-electron chi connectivity index (χ4n) is 4.24. The third-order valence-electron chi connectivity index (χ3n) is 6.28. The molecule has 14 heteroatoms. The van der Waals surface area contributed by atoms with Crippen molar-refractivity contribution in [1.82, 2.24) is 40.2 Å². The van der Waals surface area contributed by atoms with Gasteiger partial charge in [0.1, 0.15) is 11.7 Å². The van der Waals surface area contributed by atoms with Gasteiger partial charge in [-0.15, -0.1) is 5.10 Å². The van der Waals surface area contributed by atoms with E-state index in [9.17, 15) is 9.59 Å². The number of benzene rings is 1. The average Bonchev–Trinajstić information content (AvgIpc) is 3.72. The van der Waals surface area contributed by atoms with Crippen molar-refractivity contribution in [3.8, 4) is 22.6 Å². The van der Waals surface area contributed by atoms with Crippen LogP contribution in [0.5, 0.6) is 0 Å². The van der Waals surface area contributed by atoms with E-state index in [2.05, 4.69) is 40.9 Å². The lowest BCUT2D eigenvalue weighted by Crippen LogP contribution is -2.37. The third kappa shape index (κ3) is 5.21. The predicted molar refractivity (Wildman–Crippen MR) is 150 cm³/mol. The number of pyridine rings is 2. The number of nitrogens with one attached hydrogen (secondary N) is 3. The normalized spacial score (nSPS) is 11.9. The molecule has 2 amide bonds. The number of hydrogen-bond donors (Lipinski definition) is 4. The summed E-state index contributed by atoms with van der Waals surface area (Å²) in [4.78, 5) is 36.4. The van der Waals surface area contributed by atoms with Crippen molar-refractivity contribution in [3.05, 3.63) is 89.7 Å². The van der Waals surface area contributed by atoms with Crippen LogP contribution in [0.2, 0.25) is 5.02 Å². The summed E-state index contributed by atoms with van der Waals surface area (Å²) in [5, 5.41) is 19.1. The molecule has 5 heterocycles. The molecule has 0 radical (unpaired) electrons. The second-order valence-corrected chi connectivity index (χ2v) is 9.46. The first-order valence-corrected chi connectivity index (χ1v) is 12.6. The highest BCUT2D eigenvalue weighted by molar-refractivity contribution is 6.33. The topological polar surface area (TPSA) is 183 Å². The van der Waals surface area contributed by atoms with Gasteiger partial charge in [0.15, 0.2) is 0 Å². The first-order chi connectivity index (χ1) is 19.9. The molecule has 5 aromatic heterocycles. The summed E-state index contributed by atoms with van der Waals surface area (Å²) >= 11 is 6.45. The number of aryl methyl sites for hydroxylation is 1. The van der Waals surface area contributed by atoms with Gasteiger partial charge in [-0.1, -0.05) is 22.8 Å². The average molecular weight is 569 g/mol. The van der Waals surface area contributed by atoms with E-state index >= 15 is 0 Å². The number of H-pyrrole nitrogens is 1.